The van der Waals surface area contributed by atoms with Gasteiger partial charge in [0.1, 0.15) is 0 Å². The number of carbonyl (C=O) groups is 2. The van der Waals surface area contributed by atoms with E-state index in [1.165, 1.54) is 6.92 Å². The Labute approximate surface area is 89.2 Å². The van der Waals surface area contributed by atoms with Crippen LogP contribution < -0.4 is 0 Å². The van der Waals surface area contributed by atoms with Gasteiger partial charge in [-0.3, -0.25) is 9.59 Å². The zero-order valence-electron chi connectivity index (χ0n) is 9.49. The summed E-state index contributed by atoms with van der Waals surface area (Å²) in [5.41, 5.74) is -0.0465. The quantitative estimate of drug-likeness (QED) is 0.516. The zero-order valence-corrected chi connectivity index (χ0v) is 9.49. The lowest BCUT2D eigenvalue weighted by Gasteiger charge is -2.25. The molecule has 4 heteroatoms. The number of cyclic esters (lactones) is 1. The van der Waals surface area contributed by atoms with Crippen LogP contribution in [0.4, 0.5) is 0 Å². The summed E-state index contributed by atoms with van der Waals surface area (Å²) in [5.74, 6) is -1.05. The van der Waals surface area contributed by atoms with Crippen molar-refractivity contribution in [3.05, 3.63) is 12.2 Å². The molecule has 0 aliphatic carbocycles. The molecule has 0 aromatic rings. The maximum absolute atomic E-state index is 11.7. The topological polar surface area (TPSA) is 52.6 Å². The molecule has 1 aliphatic heterocycles. The first-order valence-electron chi connectivity index (χ1n) is 4.84. The van der Waals surface area contributed by atoms with Crippen molar-refractivity contribution in [2.45, 2.75) is 34.0 Å². The third-order valence-corrected chi connectivity index (χ3v) is 3.13. The summed E-state index contributed by atoms with van der Waals surface area (Å²) in [5, 5.41) is 0. The third-order valence-electron chi connectivity index (χ3n) is 3.13. The lowest BCUT2D eigenvalue weighted by Crippen LogP contribution is -2.31. The second kappa shape index (κ2) is 3.68. The van der Waals surface area contributed by atoms with Crippen molar-refractivity contribution in [3.8, 4) is 0 Å². The predicted molar refractivity (Wildman–Crippen MR) is 53.7 cm³/mol. The van der Waals surface area contributed by atoms with Gasteiger partial charge in [0.05, 0.1) is 11.3 Å². The Hall–Kier alpha value is -1.32. The summed E-state index contributed by atoms with van der Waals surface area (Å²) in [6.07, 6.45) is -0.795. The van der Waals surface area contributed by atoms with Crippen molar-refractivity contribution in [2.75, 3.05) is 0 Å². The van der Waals surface area contributed by atoms with Crippen molar-refractivity contribution in [1.29, 1.82) is 0 Å². The first-order chi connectivity index (χ1) is 6.80. The van der Waals surface area contributed by atoms with Crippen LogP contribution in [0, 0.1) is 11.3 Å². The van der Waals surface area contributed by atoms with Crippen LogP contribution >= 0.6 is 0 Å². The molecule has 1 aliphatic rings. The smallest absolute Gasteiger partial charge is 0.319 e. The van der Waals surface area contributed by atoms with Crippen LogP contribution in [0.3, 0.4) is 0 Å². The van der Waals surface area contributed by atoms with E-state index in [1.54, 1.807) is 13.8 Å². The second-order valence-electron chi connectivity index (χ2n) is 4.15. The number of rotatable bonds is 2. The van der Waals surface area contributed by atoms with Crippen LogP contribution in [0.15, 0.2) is 12.2 Å². The van der Waals surface area contributed by atoms with Crippen LogP contribution in [0.2, 0.25) is 0 Å². The average Bonchev–Trinajstić information content (AvgIpc) is 2.31. The van der Waals surface area contributed by atoms with Crippen LogP contribution in [0.25, 0.3) is 0 Å². The minimum atomic E-state index is -0.795. The molecule has 15 heavy (non-hydrogen) atoms. The highest BCUT2D eigenvalue weighted by Crippen LogP contribution is 2.44. The van der Waals surface area contributed by atoms with E-state index >= 15 is 0 Å². The van der Waals surface area contributed by atoms with Gasteiger partial charge in [-0.25, -0.2) is 0 Å². The van der Waals surface area contributed by atoms with Gasteiger partial charge in [0.2, 0.25) is 0 Å². The molecule has 1 saturated heterocycles. The molecule has 0 N–H and O–H groups in total. The molecule has 0 unspecified atom stereocenters. The van der Waals surface area contributed by atoms with E-state index in [2.05, 4.69) is 6.58 Å². The van der Waals surface area contributed by atoms with Gasteiger partial charge in [0, 0.05) is 6.92 Å². The Morgan fingerprint density at radius 2 is 2.07 bits per heavy atom. The molecule has 0 aromatic heterocycles. The van der Waals surface area contributed by atoms with Crippen LogP contribution in [0.1, 0.15) is 27.7 Å². The number of esters is 2. The third kappa shape index (κ3) is 1.76. The van der Waals surface area contributed by atoms with E-state index in [-0.39, 0.29) is 11.9 Å². The van der Waals surface area contributed by atoms with Crippen molar-refractivity contribution in [3.63, 3.8) is 0 Å². The SMILES string of the molecule is C=C(C)[C@]1(C)C(=O)O[C@@H](OC(C)=O)[C@H]1C. The van der Waals surface area contributed by atoms with E-state index in [0.29, 0.717) is 0 Å². The number of hydrogen-bond donors (Lipinski definition) is 0. The normalized spacial score (nSPS) is 34.8. The first kappa shape index (κ1) is 11.8. The minimum absolute atomic E-state index is 0.216. The number of carbonyl (C=O) groups excluding carboxylic acids is 2. The van der Waals surface area contributed by atoms with E-state index in [9.17, 15) is 9.59 Å². The Kier molecular flexibility index (Phi) is 2.88. The fourth-order valence-electron chi connectivity index (χ4n) is 1.64. The molecule has 0 saturated carbocycles. The number of hydrogen-bond acceptors (Lipinski definition) is 4. The molecular weight excluding hydrogens is 196 g/mol. The zero-order chi connectivity index (χ0) is 11.8. The monoisotopic (exact) mass is 212 g/mol. The highest BCUT2D eigenvalue weighted by molar-refractivity contribution is 5.82. The van der Waals surface area contributed by atoms with Gasteiger partial charge in [-0.1, -0.05) is 19.1 Å². The first-order valence-corrected chi connectivity index (χ1v) is 4.84. The average molecular weight is 212 g/mol. The molecule has 4 nitrogen and oxygen atoms in total. The molecular formula is C11H16O4. The van der Waals surface area contributed by atoms with Crippen molar-refractivity contribution < 1.29 is 19.1 Å². The second-order valence-corrected chi connectivity index (χ2v) is 4.15. The summed E-state index contributed by atoms with van der Waals surface area (Å²) in [6.45, 7) is 10.4. The van der Waals surface area contributed by atoms with E-state index in [1.807, 2.05) is 6.92 Å². The number of ether oxygens (including phenoxy) is 2. The highest BCUT2D eigenvalue weighted by Gasteiger charge is 2.53. The Balaban J connectivity index is 2.92. The van der Waals surface area contributed by atoms with Gasteiger partial charge in [-0.05, 0) is 13.8 Å². The maximum atomic E-state index is 11.7. The van der Waals surface area contributed by atoms with E-state index in [0.717, 1.165) is 5.57 Å². The molecule has 1 rings (SSSR count). The summed E-state index contributed by atoms with van der Waals surface area (Å²) in [4.78, 5) is 22.5. The highest BCUT2D eigenvalue weighted by atomic mass is 16.7. The van der Waals surface area contributed by atoms with Gasteiger partial charge in [0.15, 0.2) is 0 Å². The van der Waals surface area contributed by atoms with Crippen molar-refractivity contribution in [2.24, 2.45) is 11.3 Å². The fourth-order valence-corrected chi connectivity index (χ4v) is 1.64. The predicted octanol–water partition coefficient (Wildman–Crippen LogP) is 1.65. The summed E-state index contributed by atoms with van der Waals surface area (Å²) in [6, 6.07) is 0. The summed E-state index contributed by atoms with van der Waals surface area (Å²) in [7, 11) is 0. The van der Waals surface area contributed by atoms with Gasteiger partial charge < -0.3 is 9.47 Å². The fraction of sp³-hybridized carbons (Fsp3) is 0.636. The molecule has 0 radical (unpaired) electrons. The van der Waals surface area contributed by atoms with Crippen LogP contribution in [0.5, 0.6) is 0 Å². The molecule has 1 heterocycles. The summed E-state index contributed by atoms with van der Waals surface area (Å²) >= 11 is 0. The molecule has 0 amide bonds. The molecule has 0 spiro atoms. The molecule has 3 atom stereocenters. The van der Waals surface area contributed by atoms with Gasteiger partial charge >= 0.3 is 11.9 Å². The lowest BCUT2D eigenvalue weighted by molar-refractivity contribution is -0.179. The minimum Gasteiger partial charge on any atom is -0.425 e. The van der Waals surface area contributed by atoms with Gasteiger partial charge in [0.25, 0.3) is 6.29 Å². The van der Waals surface area contributed by atoms with Crippen LogP contribution in [-0.2, 0) is 19.1 Å². The Morgan fingerprint density at radius 3 is 2.40 bits per heavy atom. The van der Waals surface area contributed by atoms with Gasteiger partial charge in [-0.15, -0.1) is 0 Å². The molecule has 0 aromatic carbocycles. The standard InChI is InChI=1S/C11H16O4/c1-6(2)11(5)7(3)9(14-8(4)12)15-10(11)13/h7,9H,1H2,2-5H3/t7-,9-,11+/m1/s1. The van der Waals surface area contributed by atoms with Crippen LogP contribution in [-0.4, -0.2) is 18.2 Å². The van der Waals surface area contributed by atoms with E-state index in [4.69, 9.17) is 9.47 Å². The summed E-state index contributed by atoms with van der Waals surface area (Å²) < 4.78 is 9.93. The van der Waals surface area contributed by atoms with Crippen molar-refractivity contribution in [1.82, 2.24) is 0 Å². The van der Waals surface area contributed by atoms with Gasteiger partial charge in [-0.2, -0.15) is 0 Å². The molecule has 0 bridgehead atoms. The lowest BCUT2D eigenvalue weighted by atomic mass is 9.75. The van der Waals surface area contributed by atoms with Crippen molar-refractivity contribution >= 4 is 11.9 Å². The Bertz CT molecular complexity index is 321. The largest absolute Gasteiger partial charge is 0.425 e. The molecule has 1 fully saturated rings. The molecule has 84 valence electrons. The van der Waals surface area contributed by atoms with E-state index < -0.39 is 17.7 Å². The Morgan fingerprint density at radius 1 is 1.53 bits per heavy atom. The maximum Gasteiger partial charge on any atom is 0.319 e.